The summed E-state index contributed by atoms with van der Waals surface area (Å²) in [5, 5.41) is 12.0. The van der Waals surface area contributed by atoms with E-state index in [4.69, 9.17) is 10.8 Å². The molecule has 0 amide bonds. The Kier molecular flexibility index (Phi) is 9.80. The Morgan fingerprint density at radius 1 is 1.31 bits per heavy atom. The van der Waals surface area contributed by atoms with Crippen molar-refractivity contribution in [1.29, 1.82) is 0 Å². The minimum atomic E-state index is 0.254. The summed E-state index contributed by atoms with van der Waals surface area (Å²) in [7, 11) is 0. The summed E-state index contributed by atoms with van der Waals surface area (Å²) in [4.78, 5) is 2.24. The van der Waals surface area contributed by atoms with Gasteiger partial charge in [-0.25, -0.2) is 0 Å². The second-order valence-electron chi connectivity index (χ2n) is 3.05. The fraction of sp³-hybridized carbons (Fsp3) is 1.00. The highest BCUT2D eigenvalue weighted by atomic mass is 16.3. The van der Waals surface area contributed by atoms with Crippen LogP contribution in [0, 0.1) is 0 Å². The van der Waals surface area contributed by atoms with Crippen LogP contribution in [0.1, 0.15) is 13.3 Å². The highest BCUT2D eigenvalue weighted by Gasteiger charge is 1.99. The van der Waals surface area contributed by atoms with Crippen LogP contribution in [0.25, 0.3) is 0 Å². The van der Waals surface area contributed by atoms with Crippen LogP contribution < -0.4 is 11.1 Å². The van der Waals surface area contributed by atoms with Gasteiger partial charge in [0, 0.05) is 19.6 Å². The van der Waals surface area contributed by atoms with E-state index in [1.807, 2.05) is 0 Å². The molecule has 4 N–H and O–H groups in total. The third-order valence-electron chi connectivity index (χ3n) is 2.01. The van der Waals surface area contributed by atoms with E-state index in [9.17, 15) is 0 Å². The van der Waals surface area contributed by atoms with Gasteiger partial charge in [0.15, 0.2) is 0 Å². The standard InChI is InChI=1S/C9H23N3O/c1-2-12(8-9-13)7-3-5-11-6-4-10/h11,13H,2-10H2,1H3. The quantitative estimate of drug-likeness (QED) is 0.417. The summed E-state index contributed by atoms with van der Waals surface area (Å²) in [5.41, 5.74) is 5.34. The molecule has 4 nitrogen and oxygen atoms in total. The average Bonchev–Trinajstić information content (AvgIpc) is 2.16. The molecule has 0 saturated carbocycles. The molecule has 4 heteroatoms. The maximum absolute atomic E-state index is 8.73. The molecule has 0 aromatic rings. The molecule has 0 aliphatic carbocycles. The van der Waals surface area contributed by atoms with Crippen molar-refractivity contribution in [2.24, 2.45) is 5.73 Å². The van der Waals surface area contributed by atoms with Crippen LogP contribution in [0.3, 0.4) is 0 Å². The van der Waals surface area contributed by atoms with E-state index in [1.165, 1.54) is 0 Å². The van der Waals surface area contributed by atoms with Gasteiger partial charge in [0.1, 0.15) is 0 Å². The first kappa shape index (κ1) is 12.8. The van der Waals surface area contributed by atoms with Crippen molar-refractivity contribution in [2.75, 3.05) is 45.9 Å². The predicted octanol–water partition coefficient (Wildman–Crippen LogP) is -0.761. The van der Waals surface area contributed by atoms with Gasteiger partial charge in [-0.3, -0.25) is 0 Å². The molecule has 0 bridgehead atoms. The molecule has 0 atom stereocenters. The van der Waals surface area contributed by atoms with E-state index in [-0.39, 0.29) is 6.61 Å². The molecular formula is C9H23N3O. The number of hydrogen-bond acceptors (Lipinski definition) is 4. The molecule has 0 aromatic carbocycles. The van der Waals surface area contributed by atoms with Crippen LogP contribution in [0.4, 0.5) is 0 Å². The smallest absolute Gasteiger partial charge is 0.0558 e. The lowest BCUT2D eigenvalue weighted by Gasteiger charge is -2.18. The summed E-state index contributed by atoms with van der Waals surface area (Å²) in [6, 6.07) is 0. The Morgan fingerprint density at radius 2 is 2.08 bits per heavy atom. The van der Waals surface area contributed by atoms with Gasteiger partial charge >= 0.3 is 0 Å². The minimum Gasteiger partial charge on any atom is -0.395 e. The number of nitrogens with zero attached hydrogens (tertiary/aromatic N) is 1. The summed E-state index contributed by atoms with van der Waals surface area (Å²) in [6.45, 7) is 7.83. The third kappa shape index (κ3) is 8.18. The fourth-order valence-electron chi connectivity index (χ4n) is 1.22. The normalized spacial score (nSPS) is 11.1. The number of nitrogens with one attached hydrogen (secondary N) is 1. The Hall–Kier alpha value is -0.160. The second kappa shape index (κ2) is 9.92. The van der Waals surface area contributed by atoms with Crippen molar-refractivity contribution < 1.29 is 5.11 Å². The summed E-state index contributed by atoms with van der Waals surface area (Å²) < 4.78 is 0. The van der Waals surface area contributed by atoms with E-state index in [0.717, 1.165) is 39.1 Å². The largest absolute Gasteiger partial charge is 0.395 e. The van der Waals surface area contributed by atoms with Gasteiger partial charge in [-0.1, -0.05) is 6.92 Å². The molecule has 80 valence electrons. The zero-order valence-electron chi connectivity index (χ0n) is 8.63. The highest BCUT2D eigenvalue weighted by molar-refractivity contribution is 4.56. The van der Waals surface area contributed by atoms with Crippen LogP contribution in [-0.2, 0) is 0 Å². The van der Waals surface area contributed by atoms with E-state index >= 15 is 0 Å². The molecule has 0 saturated heterocycles. The Morgan fingerprint density at radius 3 is 2.62 bits per heavy atom. The zero-order valence-corrected chi connectivity index (χ0v) is 8.63. The maximum Gasteiger partial charge on any atom is 0.0558 e. The molecule has 0 spiro atoms. The summed E-state index contributed by atoms with van der Waals surface area (Å²) in [6.07, 6.45) is 1.12. The zero-order chi connectivity index (χ0) is 9.94. The second-order valence-corrected chi connectivity index (χ2v) is 3.05. The van der Waals surface area contributed by atoms with Crippen LogP contribution in [0.15, 0.2) is 0 Å². The first-order chi connectivity index (χ1) is 6.35. The lowest BCUT2D eigenvalue weighted by atomic mass is 10.3. The Labute approximate surface area is 81.1 Å². The van der Waals surface area contributed by atoms with E-state index < -0.39 is 0 Å². The predicted molar refractivity (Wildman–Crippen MR) is 55.7 cm³/mol. The van der Waals surface area contributed by atoms with Crippen LogP contribution in [0.5, 0.6) is 0 Å². The number of nitrogens with two attached hydrogens (primary N) is 1. The first-order valence-electron chi connectivity index (χ1n) is 5.09. The van der Waals surface area contributed by atoms with Gasteiger partial charge in [0.2, 0.25) is 0 Å². The number of rotatable bonds is 9. The van der Waals surface area contributed by atoms with Crippen molar-refractivity contribution in [1.82, 2.24) is 10.2 Å². The van der Waals surface area contributed by atoms with Crippen molar-refractivity contribution in [3.05, 3.63) is 0 Å². The van der Waals surface area contributed by atoms with Crippen molar-refractivity contribution in [3.8, 4) is 0 Å². The monoisotopic (exact) mass is 189 g/mol. The molecule has 0 aliphatic heterocycles. The molecule has 0 unspecified atom stereocenters. The summed E-state index contributed by atoms with van der Waals surface area (Å²) in [5.74, 6) is 0. The summed E-state index contributed by atoms with van der Waals surface area (Å²) >= 11 is 0. The average molecular weight is 189 g/mol. The van der Waals surface area contributed by atoms with Gasteiger partial charge < -0.3 is 21.1 Å². The van der Waals surface area contributed by atoms with Gasteiger partial charge in [0.25, 0.3) is 0 Å². The maximum atomic E-state index is 8.73. The highest BCUT2D eigenvalue weighted by Crippen LogP contribution is 1.89. The third-order valence-corrected chi connectivity index (χ3v) is 2.01. The number of aliphatic hydroxyl groups is 1. The topological polar surface area (TPSA) is 61.5 Å². The van der Waals surface area contributed by atoms with Gasteiger partial charge in [-0.15, -0.1) is 0 Å². The van der Waals surface area contributed by atoms with Crippen LogP contribution in [0.2, 0.25) is 0 Å². The van der Waals surface area contributed by atoms with Crippen LogP contribution in [-0.4, -0.2) is 55.9 Å². The molecule has 0 radical (unpaired) electrons. The molecule has 0 rings (SSSR count). The van der Waals surface area contributed by atoms with E-state index in [0.29, 0.717) is 6.54 Å². The minimum absolute atomic E-state index is 0.254. The molecule has 13 heavy (non-hydrogen) atoms. The Balaban J connectivity index is 3.17. The fourth-order valence-corrected chi connectivity index (χ4v) is 1.22. The number of aliphatic hydroxyl groups excluding tert-OH is 1. The molecule has 0 fully saturated rings. The molecule has 0 aliphatic rings. The lowest BCUT2D eigenvalue weighted by molar-refractivity contribution is 0.200. The first-order valence-corrected chi connectivity index (χ1v) is 5.09. The molecule has 0 heterocycles. The molecule has 0 aromatic heterocycles. The molecular weight excluding hydrogens is 166 g/mol. The van der Waals surface area contributed by atoms with Crippen molar-refractivity contribution in [2.45, 2.75) is 13.3 Å². The van der Waals surface area contributed by atoms with E-state index in [2.05, 4.69) is 17.1 Å². The van der Waals surface area contributed by atoms with Gasteiger partial charge in [-0.05, 0) is 26.1 Å². The van der Waals surface area contributed by atoms with E-state index in [1.54, 1.807) is 0 Å². The lowest BCUT2D eigenvalue weighted by Crippen LogP contribution is -2.31. The Bertz CT molecular complexity index is 101. The number of likely N-dealkylation sites (N-methyl/N-ethyl adjacent to an activating group) is 1. The van der Waals surface area contributed by atoms with Crippen LogP contribution >= 0.6 is 0 Å². The van der Waals surface area contributed by atoms with Crippen molar-refractivity contribution in [3.63, 3.8) is 0 Å². The van der Waals surface area contributed by atoms with Crippen molar-refractivity contribution >= 4 is 0 Å². The van der Waals surface area contributed by atoms with Gasteiger partial charge in [0.05, 0.1) is 6.61 Å². The number of hydrogen-bond donors (Lipinski definition) is 3. The van der Waals surface area contributed by atoms with Gasteiger partial charge in [-0.2, -0.15) is 0 Å². The SMILES string of the molecule is CCN(CCO)CCCNCCN.